The summed E-state index contributed by atoms with van der Waals surface area (Å²) in [5.74, 6) is 1.90. The maximum absolute atomic E-state index is 5.15. The van der Waals surface area contributed by atoms with Crippen LogP contribution in [0.5, 0.6) is 0 Å². The van der Waals surface area contributed by atoms with E-state index in [0.29, 0.717) is 0 Å². The van der Waals surface area contributed by atoms with Crippen LogP contribution in [0.2, 0.25) is 0 Å². The van der Waals surface area contributed by atoms with Gasteiger partial charge in [0.25, 0.3) is 0 Å². The van der Waals surface area contributed by atoms with Crippen LogP contribution in [0.4, 0.5) is 0 Å². The van der Waals surface area contributed by atoms with E-state index in [1.165, 1.54) is 58.4 Å². The zero-order valence-corrected chi connectivity index (χ0v) is 12.2. The number of hydrogen-bond acceptors (Lipinski definition) is 3. The molecule has 2 saturated heterocycles. The van der Waals surface area contributed by atoms with Crippen LogP contribution in [0.3, 0.4) is 0 Å². The second-order valence-electron chi connectivity index (χ2n) is 6.26. The maximum Gasteiger partial charge on any atom is 0.0589 e. The first-order valence-corrected chi connectivity index (χ1v) is 7.71. The van der Waals surface area contributed by atoms with Crippen molar-refractivity contribution in [2.45, 2.75) is 32.6 Å². The summed E-state index contributed by atoms with van der Waals surface area (Å²) in [5.41, 5.74) is 0. The third-order valence-electron chi connectivity index (χ3n) is 4.71. The van der Waals surface area contributed by atoms with Crippen LogP contribution in [-0.2, 0) is 4.74 Å². The summed E-state index contributed by atoms with van der Waals surface area (Å²) >= 11 is 0. The number of piperidine rings is 2. The van der Waals surface area contributed by atoms with E-state index in [0.717, 1.165) is 25.0 Å². The molecule has 0 spiro atoms. The Kier molecular flexibility index (Phi) is 5.93. The number of hydrogen-bond donors (Lipinski definition) is 0. The first-order chi connectivity index (χ1) is 8.78. The van der Waals surface area contributed by atoms with Crippen molar-refractivity contribution < 1.29 is 4.74 Å². The van der Waals surface area contributed by atoms with Crippen LogP contribution in [0, 0.1) is 11.8 Å². The fourth-order valence-electron chi connectivity index (χ4n) is 3.22. The van der Waals surface area contributed by atoms with Gasteiger partial charge in [-0.2, -0.15) is 0 Å². The molecule has 0 N–H and O–H groups in total. The molecule has 18 heavy (non-hydrogen) atoms. The number of likely N-dealkylation sites (tertiary alicyclic amines) is 2. The first-order valence-electron chi connectivity index (χ1n) is 7.71. The number of rotatable bonds is 5. The van der Waals surface area contributed by atoms with Crippen LogP contribution in [0.15, 0.2) is 0 Å². The lowest BCUT2D eigenvalue weighted by atomic mass is 9.93. The second kappa shape index (κ2) is 7.46. The molecule has 106 valence electrons. The van der Waals surface area contributed by atoms with E-state index in [2.05, 4.69) is 16.7 Å². The average molecular weight is 254 g/mol. The molecule has 0 amide bonds. The molecule has 0 atom stereocenters. The van der Waals surface area contributed by atoms with Crippen molar-refractivity contribution in [1.82, 2.24) is 9.80 Å². The highest BCUT2D eigenvalue weighted by Gasteiger charge is 2.23. The van der Waals surface area contributed by atoms with E-state index in [1.807, 2.05) is 0 Å². The number of methoxy groups -OCH3 is 1. The van der Waals surface area contributed by atoms with Gasteiger partial charge in [-0.1, -0.05) is 6.92 Å². The molecule has 0 unspecified atom stereocenters. The minimum Gasteiger partial charge on any atom is -0.383 e. The van der Waals surface area contributed by atoms with Crippen molar-refractivity contribution >= 4 is 0 Å². The Morgan fingerprint density at radius 3 is 2.17 bits per heavy atom. The van der Waals surface area contributed by atoms with Gasteiger partial charge in [-0.3, -0.25) is 0 Å². The highest BCUT2D eigenvalue weighted by molar-refractivity contribution is 4.77. The summed E-state index contributed by atoms with van der Waals surface area (Å²) in [7, 11) is 1.80. The van der Waals surface area contributed by atoms with E-state index in [1.54, 1.807) is 7.11 Å². The van der Waals surface area contributed by atoms with Gasteiger partial charge < -0.3 is 14.5 Å². The molecule has 2 heterocycles. The summed E-state index contributed by atoms with van der Waals surface area (Å²) in [5, 5.41) is 0. The molecule has 2 fully saturated rings. The van der Waals surface area contributed by atoms with Gasteiger partial charge in [0.2, 0.25) is 0 Å². The van der Waals surface area contributed by atoms with Gasteiger partial charge in [-0.25, -0.2) is 0 Å². The summed E-state index contributed by atoms with van der Waals surface area (Å²) in [6, 6.07) is 0. The lowest BCUT2D eigenvalue weighted by Gasteiger charge is -2.37. The van der Waals surface area contributed by atoms with Crippen molar-refractivity contribution in [2.75, 3.05) is 53.0 Å². The molecule has 0 saturated carbocycles. The Balaban J connectivity index is 1.61. The van der Waals surface area contributed by atoms with Crippen LogP contribution >= 0.6 is 0 Å². The van der Waals surface area contributed by atoms with Crippen LogP contribution in [0.1, 0.15) is 32.6 Å². The molecular weight excluding hydrogens is 224 g/mol. The molecule has 0 radical (unpaired) electrons. The maximum atomic E-state index is 5.15. The van der Waals surface area contributed by atoms with Gasteiger partial charge in [0.1, 0.15) is 0 Å². The van der Waals surface area contributed by atoms with Gasteiger partial charge in [0, 0.05) is 20.2 Å². The van der Waals surface area contributed by atoms with Crippen molar-refractivity contribution in [1.29, 1.82) is 0 Å². The molecule has 2 aliphatic rings. The molecule has 0 bridgehead atoms. The zero-order valence-electron chi connectivity index (χ0n) is 12.2. The Hall–Kier alpha value is -0.120. The third kappa shape index (κ3) is 4.52. The first kappa shape index (κ1) is 14.3. The molecule has 0 aromatic carbocycles. The quantitative estimate of drug-likeness (QED) is 0.747. The fraction of sp³-hybridized carbons (Fsp3) is 1.00. The smallest absolute Gasteiger partial charge is 0.0589 e. The van der Waals surface area contributed by atoms with E-state index in [9.17, 15) is 0 Å². The molecular formula is C15H30N2O. The normalized spacial score (nSPS) is 25.7. The lowest BCUT2D eigenvalue weighted by molar-refractivity contribution is 0.0976. The van der Waals surface area contributed by atoms with E-state index < -0.39 is 0 Å². The molecule has 2 rings (SSSR count). The van der Waals surface area contributed by atoms with Crippen LogP contribution in [-0.4, -0.2) is 62.8 Å². The minimum absolute atomic E-state index is 0.884. The van der Waals surface area contributed by atoms with Crippen LogP contribution in [0.25, 0.3) is 0 Å². The monoisotopic (exact) mass is 254 g/mol. The largest absolute Gasteiger partial charge is 0.383 e. The predicted molar refractivity (Wildman–Crippen MR) is 75.9 cm³/mol. The minimum atomic E-state index is 0.884. The summed E-state index contributed by atoms with van der Waals surface area (Å²) in [6.07, 6.45) is 5.59. The average Bonchev–Trinajstić information content (AvgIpc) is 2.41. The lowest BCUT2D eigenvalue weighted by Crippen LogP contribution is -2.42. The fourth-order valence-corrected chi connectivity index (χ4v) is 3.22. The summed E-state index contributed by atoms with van der Waals surface area (Å²) in [6.45, 7) is 11.0. The number of nitrogens with zero attached hydrogens (tertiary/aromatic N) is 2. The van der Waals surface area contributed by atoms with Gasteiger partial charge in [-0.15, -0.1) is 0 Å². The Morgan fingerprint density at radius 2 is 1.56 bits per heavy atom. The second-order valence-corrected chi connectivity index (χ2v) is 6.26. The topological polar surface area (TPSA) is 15.7 Å². The van der Waals surface area contributed by atoms with Crippen molar-refractivity contribution in [3.05, 3.63) is 0 Å². The molecule has 0 aromatic heterocycles. The highest BCUT2D eigenvalue weighted by Crippen LogP contribution is 2.22. The molecule has 3 nitrogen and oxygen atoms in total. The van der Waals surface area contributed by atoms with Gasteiger partial charge in [0.05, 0.1) is 6.61 Å². The Labute approximate surface area is 112 Å². The standard InChI is InChI=1S/C15H30N2O/c1-14-3-7-17(8-4-14)13-15-5-9-16(10-6-15)11-12-18-2/h14-15H,3-13H2,1-2H3. The van der Waals surface area contributed by atoms with E-state index in [4.69, 9.17) is 4.74 Å². The molecule has 3 heteroatoms. The highest BCUT2D eigenvalue weighted by atomic mass is 16.5. The summed E-state index contributed by atoms with van der Waals surface area (Å²) < 4.78 is 5.15. The molecule has 0 aromatic rings. The van der Waals surface area contributed by atoms with Crippen molar-refractivity contribution in [3.63, 3.8) is 0 Å². The van der Waals surface area contributed by atoms with E-state index in [-0.39, 0.29) is 0 Å². The Morgan fingerprint density at radius 1 is 0.944 bits per heavy atom. The number of ether oxygens (including phenoxy) is 1. The van der Waals surface area contributed by atoms with Crippen LogP contribution < -0.4 is 0 Å². The van der Waals surface area contributed by atoms with Crippen molar-refractivity contribution in [2.24, 2.45) is 11.8 Å². The van der Waals surface area contributed by atoms with Gasteiger partial charge >= 0.3 is 0 Å². The Bertz CT molecular complexity index is 219. The zero-order chi connectivity index (χ0) is 12.8. The van der Waals surface area contributed by atoms with E-state index >= 15 is 0 Å². The summed E-state index contributed by atoms with van der Waals surface area (Å²) in [4.78, 5) is 5.26. The van der Waals surface area contributed by atoms with Gasteiger partial charge in [0.15, 0.2) is 0 Å². The van der Waals surface area contributed by atoms with Gasteiger partial charge in [-0.05, 0) is 63.7 Å². The molecule has 2 aliphatic heterocycles. The third-order valence-corrected chi connectivity index (χ3v) is 4.71. The molecule has 0 aliphatic carbocycles. The predicted octanol–water partition coefficient (Wildman–Crippen LogP) is 2.08. The SMILES string of the molecule is COCCN1CCC(CN2CCC(C)CC2)CC1. The van der Waals surface area contributed by atoms with Crippen molar-refractivity contribution in [3.8, 4) is 0 Å².